The molecule has 0 spiro atoms. The minimum Gasteiger partial charge on any atom is -0.294 e. The molecule has 2 nitrogen and oxygen atoms in total. The smallest absolute Gasteiger partial charge is 0.167 e. The number of Topliss-reactive ketones (excluding diaryl/α,β-unsaturated/α-hetero) is 2. The molecule has 3 rings (SSSR count). The van der Waals surface area contributed by atoms with E-state index in [9.17, 15) is 9.59 Å². The van der Waals surface area contributed by atoms with Crippen molar-refractivity contribution in [3.63, 3.8) is 0 Å². The molecule has 0 radical (unpaired) electrons. The van der Waals surface area contributed by atoms with Gasteiger partial charge in [0.05, 0.1) is 0 Å². The number of hydrogen-bond acceptors (Lipinski definition) is 2. The minimum atomic E-state index is 0.168. The van der Waals surface area contributed by atoms with Gasteiger partial charge in [-0.15, -0.1) is 0 Å². The van der Waals surface area contributed by atoms with Crippen molar-refractivity contribution >= 4 is 11.6 Å². The summed E-state index contributed by atoms with van der Waals surface area (Å²) < 4.78 is 0. The maximum absolute atomic E-state index is 11.8. The Labute approximate surface area is 155 Å². The van der Waals surface area contributed by atoms with Gasteiger partial charge in [-0.05, 0) is 12.0 Å². The highest BCUT2D eigenvalue weighted by molar-refractivity contribution is 5.97. The van der Waals surface area contributed by atoms with Crippen molar-refractivity contribution in [3.05, 3.63) is 108 Å². The Kier molecular flexibility index (Phi) is 8.01. The number of benzene rings is 3. The van der Waals surface area contributed by atoms with E-state index in [1.54, 1.807) is 0 Å². The molecular formula is C24H24O2. The highest BCUT2D eigenvalue weighted by atomic mass is 16.1. The van der Waals surface area contributed by atoms with Crippen LogP contribution in [-0.2, 0) is 6.42 Å². The predicted octanol–water partition coefficient (Wildman–Crippen LogP) is 5.78. The van der Waals surface area contributed by atoms with Gasteiger partial charge >= 0.3 is 0 Å². The Morgan fingerprint density at radius 3 is 1.50 bits per heavy atom. The molecule has 0 aromatic heterocycles. The fourth-order valence-electron chi connectivity index (χ4n) is 2.50. The fourth-order valence-corrected chi connectivity index (χ4v) is 2.50. The molecule has 0 amide bonds. The predicted molar refractivity (Wildman–Crippen MR) is 107 cm³/mol. The van der Waals surface area contributed by atoms with Gasteiger partial charge in [0.1, 0.15) is 0 Å². The topological polar surface area (TPSA) is 34.1 Å². The van der Waals surface area contributed by atoms with Crippen LogP contribution in [0, 0.1) is 0 Å². The van der Waals surface area contributed by atoms with Gasteiger partial charge in [0.2, 0.25) is 0 Å². The summed E-state index contributed by atoms with van der Waals surface area (Å²) in [6, 6.07) is 28.6. The van der Waals surface area contributed by atoms with Crippen LogP contribution in [0.3, 0.4) is 0 Å². The highest BCUT2D eigenvalue weighted by Crippen LogP contribution is 2.07. The van der Waals surface area contributed by atoms with E-state index < -0.39 is 0 Å². The lowest BCUT2D eigenvalue weighted by Crippen LogP contribution is -2.02. The summed E-state index contributed by atoms with van der Waals surface area (Å²) >= 11 is 0. The first kappa shape index (κ1) is 19.3. The Balaban J connectivity index is 0.000000197. The van der Waals surface area contributed by atoms with Gasteiger partial charge in [-0.25, -0.2) is 0 Å². The monoisotopic (exact) mass is 344 g/mol. The Morgan fingerprint density at radius 2 is 1.04 bits per heavy atom. The average molecular weight is 344 g/mol. The quantitative estimate of drug-likeness (QED) is 0.531. The summed E-state index contributed by atoms with van der Waals surface area (Å²) in [7, 11) is 0. The van der Waals surface area contributed by atoms with Crippen LogP contribution < -0.4 is 0 Å². The van der Waals surface area contributed by atoms with Gasteiger partial charge in [-0.1, -0.05) is 97.9 Å². The molecular weight excluding hydrogens is 320 g/mol. The van der Waals surface area contributed by atoms with Crippen LogP contribution in [-0.4, -0.2) is 11.6 Å². The summed E-state index contributed by atoms with van der Waals surface area (Å²) in [5.41, 5.74) is 2.67. The first-order valence-electron chi connectivity index (χ1n) is 8.91. The Bertz CT molecular complexity index is 793. The van der Waals surface area contributed by atoms with Crippen molar-refractivity contribution in [2.75, 3.05) is 0 Å². The number of ketones is 2. The van der Waals surface area contributed by atoms with Gasteiger partial charge in [0.15, 0.2) is 11.6 Å². The molecule has 0 N–H and O–H groups in total. The summed E-state index contributed by atoms with van der Waals surface area (Å²) in [6.07, 6.45) is 2.06. The molecule has 0 fully saturated rings. The van der Waals surface area contributed by atoms with Crippen molar-refractivity contribution in [3.8, 4) is 0 Å². The zero-order valence-corrected chi connectivity index (χ0v) is 15.1. The molecule has 3 aromatic carbocycles. The van der Waals surface area contributed by atoms with Crippen LogP contribution in [0.2, 0.25) is 0 Å². The Morgan fingerprint density at radius 1 is 0.615 bits per heavy atom. The van der Waals surface area contributed by atoms with Crippen LogP contribution in [0.1, 0.15) is 46.0 Å². The van der Waals surface area contributed by atoms with Crippen molar-refractivity contribution in [2.45, 2.75) is 26.2 Å². The molecule has 0 heterocycles. The van der Waals surface area contributed by atoms with Crippen molar-refractivity contribution in [2.24, 2.45) is 0 Å². The molecule has 0 aliphatic heterocycles. The van der Waals surface area contributed by atoms with Crippen LogP contribution in [0.5, 0.6) is 0 Å². The maximum Gasteiger partial charge on any atom is 0.167 e. The largest absolute Gasteiger partial charge is 0.294 e. The van der Waals surface area contributed by atoms with E-state index in [-0.39, 0.29) is 11.6 Å². The number of hydrogen-bond donors (Lipinski definition) is 0. The second kappa shape index (κ2) is 10.8. The normalized spacial score (nSPS) is 9.73. The first-order valence-corrected chi connectivity index (χ1v) is 8.91. The fraction of sp³-hybridized carbons (Fsp3) is 0.167. The molecule has 0 bridgehead atoms. The summed E-state index contributed by atoms with van der Waals surface area (Å²) in [5.74, 6) is 0.412. The molecule has 132 valence electrons. The van der Waals surface area contributed by atoms with Crippen molar-refractivity contribution in [1.29, 1.82) is 0 Å². The number of carbonyl (C=O) groups is 2. The maximum atomic E-state index is 11.8. The second-order valence-corrected chi connectivity index (χ2v) is 5.99. The lowest BCUT2D eigenvalue weighted by Gasteiger charge is -2.00. The molecule has 0 atom stereocenters. The number of rotatable bonds is 6. The highest BCUT2D eigenvalue weighted by Gasteiger charge is 2.05. The minimum absolute atomic E-state index is 0.168. The molecule has 3 aromatic rings. The molecule has 0 saturated heterocycles. The summed E-state index contributed by atoms with van der Waals surface area (Å²) in [5, 5.41) is 0. The molecule has 0 aliphatic rings. The average Bonchev–Trinajstić information content (AvgIpc) is 2.71. The molecule has 0 unspecified atom stereocenters. The SMILES string of the molecule is CCCC(=O)c1ccccc1.O=C(Cc1ccccc1)c1ccccc1. The van der Waals surface area contributed by atoms with Gasteiger partial charge in [0.25, 0.3) is 0 Å². The molecule has 26 heavy (non-hydrogen) atoms. The lowest BCUT2D eigenvalue weighted by atomic mass is 10.0. The van der Waals surface area contributed by atoms with Gasteiger partial charge in [-0.3, -0.25) is 9.59 Å². The third-order valence-electron chi connectivity index (χ3n) is 3.88. The summed E-state index contributed by atoms with van der Waals surface area (Å²) in [4.78, 5) is 23.1. The third-order valence-corrected chi connectivity index (χ3v) is 3.88. The zero-order valence-electron chi connectivity index (χ0n) is 15.1. The van der Waals surface area contributed by atoms with E-state index >= 15 is 0 Å². The second-order valence-electron chi connectivity index (χ2n) is 5.99. The van der Waals surface area contributed by atoms with Crippen molar-refractivity contribution < 1.29 is 9.59 Å². The van der Waals surface area contributed by atoms with Crippen LogP contribution in [0.25, 0.3) is 0 Å². The Hall–Kier alpha value is -3.00. The standard InChI is InChI=1S/C14H12O.C10H12O/c15-14(13-9-5-2-6-10-13)11-12-7-3-1-4-8-12;1-2-6-10(11)9-7-4-3-5-8-9/h1-10H,11H2;3-5,7-8H,2,6H2,1H3. The van der Waals surface area contributed by atoms with Gasteiger partial charge in [-0.2, -0.15) is 0 Å². The van der Waals surface area contributed by atoms with E-state index in [0.717, 1.165) is 23.1 Å². The van der Waals surface area contributed by atoms with E-state index in [4.69, 9.17) is 0 Å². The van der Waals surface area contributed by atoms with Crippen LogP contribution in [0.15, 0.2) is 91.0 Å². The molecule has 0 saturated carbocycles. The van der Waals surface area contributed by atoms with Gasteiger partial charge < -0.3 is 0 Å². The van der Waals surface area contributed by atoms with Crippen molar-refractivity contribution in [1.82, 2.24) is 0 Å². The van der Waals surface area contributed by atoms with E-state index in [0.29, 0.717) is 12.8 Å². The van der Waals surface area contributed by atoms with E-state index in [1.807, 2.05) is 97.9 Å². The van der Waals surface area contributed by atoms with Crippen LogP contribution >= 0.6 is 0 Å². The lowest BCUT2D eigenvalue weighted by molar-refractivity contribution is 0.0977. The zero-order chi connectivity index (χ0) is 18.6. The van der Waals surface area contributed by atoms with Gasteiger partial charge in [0, 0.05) is 24.0 Å². The molecule has 2 heteroatoms. The van der Waals surface area contributed by atoms with Crippen LogP contribution in [0.4, 0.5) is 0 Å². The molecule has 0 aliphatic carbocycles. The van der Waals surface area contributed by atoms with E-state index in [2.05, 4.69) is 0 Å². The first-order chi connectivity index (χ1) is 12.7. The summed E-state index contributed by atoms with van der Waals surface area (Å²) in [6.45, 7) is 2.01. The number of carbonyl (C=O) groups excluding carboxylic acids is 2. The third kappa shape index (κ3) is 6.48. The van der Waals surface area contributed by atoms with E-state index in [1.165, 1.54) is 0 Å².